The van der Waals surface area contributed by atoms with E-state index in [1.54, 1.807) is 6.92 Å². The minimum atomic E-state index is -0.472. The quantitative estimate of drug-likeness (QED) is 0.247. The molecule has 0 saturated carbocycles. The molecule has 1 unspecified atom stereocenters. The molecule has 0 fully saturated rings. The fourth-order valence-corrected chi connectivity index (χ4v) is 0. The van der Waals surface area contributed by atoms with Crippen molar-refractivity contribution >= 4 is 42.2 Å². The summed E-state index contributed by atoms with van der Waals surface area (Å²) in [6.07, 6.45) is 0. The van der Waals surface area contributed by atoms with E-state index in [1.807, 2.05) is 0 Å². The van der Waals surface area contributed by atoms with Crippen LogP contribution in [0.5, 0.6) is 0 Å². The van der Waals surface area contributed by atoms with Gasteiger partial charge in [0.05, 0.1) is 5.44 Å². The fraction of sp³-hybridized carbons (Fsp3) is 1.00. The Kier molecular flexibility index (Phi) is 10.2. The smallest absolute Gasteiger partial charge is 0.0936 e. The molecule has 3 heteroatoms. The van der Waals surface area contributed by atoms with Crippen molar-refractivity contribution in [3.8, 4) is 0 Å². The molecule has 5 heavy (non-hydrogen) atoms. The molecule has 0 bridgehead atoms. The van der Waals surface area contributed by atoms with Crippen LogP contribution in [-0.2, 0) is 0 Å². The molecule has 0 amide bonds. The van der Waals surface area contributed by atoms with Gasteiger partial charge >= 0.3 is 0 Å². The van der Waals surface area contributed by atoms with Crippen LogP contribution >= 0.6 is 12.6 Å². The second-order valence-electron chi connectivity index (χ2n) is 0.632. The van der Waals surface area contributed by atoms with Crippen LogP contribution in [0.15, 0.2) is 0 Å². The Hall–Kier alpha value is 1.31. The maximum Gasteiger partial charge on any atom is 0.0936 e. The molecular weight excluding hydrogens is 95.1 g/mol. The normalized spacial score (nSPS) is 12.6. The number of hydrogen-bond acceptors (Lipinski definition) is 2. The van der Waals surface area contributed by atoms with Gasteiger partial charge in [-0.3, -0.25) is 0 Å². The first kappa shape index (κ1) is 9.58. The minimum absolute atomic E-state index is 0. The third kappa shape index (κ3) is 33.9. The van der Waals surface area contributed by atoms with Crippen molar-refractivity contribution < 1.29 is 5.11 Å². The first-order valence-corrected chi connectivity index (χ1v) is 1.61. The van der Waals surface area contributed by atoms with Gasteiger partial charge in [-0.05, 0) is 6.92 Å². The largest absolute Gasteiger partial charge is 0.383 e. The van der Waals surface area contributed by atoms with E-state index >= 15 is 0 Å². The molecule has 0 aromatic heterocycles. The van der Waals surface area contributed by atoms with Crippen molar-refractivity contribution in [3.05, 3.63) is 0 Å². The molecule has 0 heterocycles. The number of aliphatic hydroxyl groups excluding tert-OH is 1. The summed E-state index contributed by atoms with van der Waals surface area (Å²) in [7, 11) is 0. The summed E-state index contributed by atoms with van der Waals surface area (Å²) in [6, 6.07) is 0. The van der Waals surface area contributed by atoms with E-state index in [9.17, 15) is 0 Å². The van der Waals surface area contributed by atoms with Crippen LogP contribution in [0.2, 0.25) is 0 Å². The Morgan fingerprint density at radius 1 is 1.80 bits per heavy atom. The zero-order valence-corrected chi connectivity index (χ0v) is 6.37. The van der Waals surface area contributed by atoms with Gasteiger partial charge in [0.1, 0.15) is 0 Å². The second-order valence-corrected chi connectivity index (χ2v) is 1.38. The van der Waals surface area contributed by atoms with Gasteiger partial charge in [0.25, 0.3) is 0 Å². The molecule has 27 valence electrons. The predicted molar refractivity (Wildman–Crippen MR) is 26.4 cm³/mol. The summed E-state index contributed by atoms with van der Waals surface area (Å²) < 4.78 is 0. The number of thiol groups is 1. The molecule has 0 spiro atoms. The maximum atomic E-state index is 7.92. The van der Waals surface area contributed by atoms with E-state index in [2.05, 4.69) is 12.6 Å². The van der Waals surface area contributed by atoms with Gasteiger partial charge in [-0.2, -0.15) is 0 Å². The Bertz CT molecular complexity index is 14.4. The van der Waals surface area contributed by atoms with E-state index in [-0.39, 0.29) is 29.6 Å². The molecule has 0 aromatic carbocycles. The Labute approximate surface area is 59.5 Å². The van der Waals surface area contributed by atoms with Crippen LogP contribution in [-0.4, -0.2) is 40.1 Å². The number of hydrogen-bond donors (Lipinski definition) is 2. The standard InChI is InChI=1S/C2H6OS.Na/c1-2(3)4;/h2-4H,1H3;. The van der Waals surface area contributed by atoms with E-state index in [0.29, 0.717) is 0 Å². The predicted octanol–water partition coefficient (Wildman–Crippen LogP) is -0.126. The van der Waals surface area contributed by atoms with E-state index < -0.39 is 5.44 Å². The van der Waals surface area contributed by atoms with Crippen molar-refractivity contribution in [1.29, 1.82) is 0 Å². The average Bonchev–Trinajstić information content (AvgIpc) is 0.811. The summed E-state index contributed by atoms with van der Waals surface area (Å²) in [5.41, 5.74) is -0.472. The van der Waals surface area contributed by atoms with Gasteiger partial charge < -0.3 is 5.11 Å². The summed E-state index contributed by atoms with van der Waals surface area (Å²) in [5, 5.41) is 7.92. The van der Waals surface area contributed by atoms with E-state index in [4.69, 9.17) is 5.11 Å². The SMILES string of the molecule is CC(O)S.[Na]. The number of aliphatic hydroxyl groups is 1. The third-order valence-electron chi connectivity index (χ3n) is 0. The van der Waals surface area contributed by atoms with E-state index in [0.717, 1.165) is 0 Å². The summed E-state index contributed by atoms with van der Waals surface area (Å²) in [4.78, 5) is 0. The van der Waals surface area contributed by atoms with Crippen LogP contribution in [0.1, 0.15) is 6.92 Å². The van der Waals surface area contributed by atoms with Crippen molar-refractivity contribution in [1.82, 2.24) is 0 Å². The molecule has 0 rings (SSSR count). The monoisotopic (exact) mass is 101 g/mol. The van der Waals surface area contributed by atoms with Crippen molar-refractivity contribution in [2.24, 2.45) is 0 Å². The second kappa shape index (κ2) is 5.31. The van der Waals surface area contributed by atoms with Gasteiger partial charge in [-0.1, -0.05) is 0 Å². The summed E-state index contributed by atoms with van der Waals surface area (Å²) in [6.45, 7) is 1.59. The molecule has 0 aliphatic heterocycles. The third-order valence-corrected chi connectivity index (χ3v) is 0. The van der Waals surface area contributed by atoms with Crippen LogP contribution in [0.3, 0.4) is 0 Å². The molecule has 0 saturated heterocycles. The molecule has 1 atom stereocenters. The molecule has 1 radical (unpaired) electrons. The van der Waals surface area contributed by atoms with Crippen LogP contribution < -0.4 is 0 Å². The van der Waals surface area contributed by atoms with Crippen LogP contribution in [0, 0.1) is 0 Å². The van der Waals surface area contributed by atoms with Gasteiger partial charge in [0.2, 0.25) is 0 Å². The van der Waals surface area contributed by atoms with Crippen molar-refractivity contribution in [2.75, 3.05) is 0 Å². The van der Waals surface area contributed by atoms with E-state index in [1.165, 1.54) is 0 Å². The molecule has 0 aliphatic carbocycles. The Morgan fingerprint density at radius 2 is 1.80 bits per heavy atom. The molecule has 0 aliphatic rings. The van der Waals surface area contributed by atoms with Gasteiger partial charge in [0, 0.05) is 29.6 Å². The maximum absolute atomic E-state index is 7.92. The molecule has 1 nitrogen and oxygen atoms in total. The fourth-order valence-electron chi connectivity index (χ4n) is 0. The van der Waals surface area contributed by atoms with Crippen LogP contribution in [0.25, 0.3) is 0 Å². The van der Waals surface area contributed by atoms with Crippen molar-refractivity contribution in [2.45, 2.75) is 12.4 Å². The van der Waals surface area contributed by atoms with Crippen molar-refractivity contribution in [3.63, 3.8) is 0 Å². The number of rotatable bonds is 0. The topological polar surface area (TPSA) is 20.2 Å². The average molecular weight is 101 g/mol. The minimum Gasteiger partial charge on any atom is -0.383 e. The first-order valence-electron chi connectivity index (χ1n) is 1.09. The summed E-state index contributed by atoms with van der Waals surface area (Å²) >= 11 is 3.52. The molecular formula is C2H6NaOS. The molecule has 0 aromatic rings. The Balaban J connectivity index is 0. The van der Waals surface area contributed by atoms with Crippen LogP contribution in [0.4, 0.5) is 0 Å². The first-order chi connectivity index (χ1) is 1.73. The summed E-state index contributed by atoms with van der Waals surface area (Å²) in [5.74, 6) is 0. The van der Waals surface area contributed by atoms with Gasteiger partial charge in [-0.15, -0.1) is 12.6 Å². The zero-order valence-electron chi connectivity index (χ0n) is 3.47. The van der Waals surface area contributed by atoms with Gasteiger partial charge in [-0.25, -0.2) is 0 Å². The van der Waals surface area contributed by atoms with Gasteiger partial charge in [0.15, 0.2) is 0 Å². The molecule has 1 N–H and O–H groups in total. The zero-order chi connectivity index (χ0) is 3.58. The Morgan fingerprint density at radius 3 is 1.80 bits per heavy atom.